The minimum absolute atomic E-state index is 0.0703. The van der Waals surface area contributed by atoms with Crippen molar-refractivity contribution in [3.8, 4) is 5.75 Å². The Bertz CT molecular complexity index is 811. The molecule has 0 aromatic heterocycles. The van der Waals surface area contributed by atoms with Gasteiger partial charge in [0.15, 0.2) is 14.1 Å². The highest BCUT2D eigenvalue weighted by Crippen LogP contribution is 2.28. The zero-order chi connectivity index (χ0) is 24.3. The van der Waals surface area contributed by atoms with Crippen LogP contribution in [0.25, 0.3) is 0 Å². The highest BCUT2D eigenvalue weighted by Gasteiger charge is 2.37. The number of carbonyl (C=O) groups is 1. The fraction of sp³-hybridized carbons (Fsp3) is 0.444. The van der Waals surface area contributed by atoms with Gasteiger partial charge in [-0.3, -0.25) is 4.79 Å². The molecular formula is C27H40O4Si. The molecule has 4 nitrogen and oxygen atoms in total. The molecule has 0 aliphatic heterocycles. The summed E-state index contributed by atoms with van der Waals surface area (Å²) in [6.45, 7) is 20.5. The number of benzene rings is 1. The average molecular weight is 457 g/mol. The van der Waals surface area contributed by atoms with Gasteiger partial charge in [0.1, 0.15) is 11.9 Å². The first-order valence-corrected chi connectivity index (χ1v) is 14.4. The van der Waals surface area contributed by atoms with Crippen molar-refractivity contribution in [3.63, 3.8) is 0 Å². The fourth-order valence-corrected chi connectivity index (χ4v) is 4.41. The second-order valence-corrected chi connectivity index (χ2v) is 13.6. The maximum absolute atomic E-state index is 13.0. The third-order valence-electron chi connectivity index (χ3n) is 4.94. The van der Waals surface area contributed by atoms with Crippen molar-refractivity contribution in [1.29, 1.82) is 0 Å². The van der Waals surface area contributed by atoms with Crippen LogP contribution in [0.3, 0.4) is 0 Å². The van der Waals surface area contributed by atoms with Gasteiger partial charge in [-0.25, -0.2) is 0 Å². The van der Waals surface area contributed by atoms with Gasteiger partial charge in [-0.15, -0.1) is 6.58 Å². The summed E-state index contributed by atoms with van der Waals surface area (Å²) in [5.41, 5.74) is 3.20. The number of allylic oxidation sites excluding steroid dienone is 4. The highest BCUT2D eigenvalue weighted by atomic mass is 28.4. The molecule has 0 radical (unpaired) electrons. The molecule has 0 amide bonds. The zero-order valence-electron chi connectivity index (χ0n) is 20.8. The van der Waals surface area contributed by atoms with E-state index in [1.165, 1.54) is 11.6 Å². The lowest BCUT2D eigenvalue weighted by Crippen LogP contribution is -2.46. The number of hydrogen-bond donors (Lipinski definition) is 0. The predicted octanol–water partition coefficient (Wildman–Crippen LogP) is 6.66. The summed E-state index contributed by atoms with van der Waals surface area (Å²) in [6, 6.07) is 7.73. The van der Waals surface area contributed by atoms with Gasteiger partial charge in [-0.1, -0.05) is 48.1 Å². The minimum Gasteiger partial charge on any atom is -0.497 e. The molecule has 0 fully saturated rings. The largest absolute Gasteiger partial charge is 0.497 e. The molecule has 0 N–H and O–H groups in total. The average Bonchev–Trinajstić information content (AvgIpc) is 2.73. The standard InChI is InChI=1S/C27H40O4Si/c1-10-24(28)26(21(5)14-12-13-20(3)4)27(31-32(7,8)9)25(11-2)30-19-22-15-17-23(29-6)18-16-22/h10-11,13-18,25-27H,1-2,12,19H2,3-9H3/b21-14+/t25-,26-,27-/m1/s1. The number of ketones is 1. The Labute approximate surface area is 195 Å². The molecule has 0 aliphatic rings. The quantitative estimate of drug-likeness (QED) is 0.178. The molecule has 1 aromatic rings. The topological polar surface area (TPSA) is 44.8 Å². The number of methoxy groups -OCH3 is 1. The first-order valence-electron chi connectivity index (χ1n) is 11.0. The summed E-state index contributed by atoms with van der Waals surface area (Å²) < 4.78 is 18.0. The van der Waals surface area contributed by atoms with E-state index in [2.05, 4.69) is 58.8 Å². The maximum atomic E-state index is 13.0. The molecule has 1 rings (SSSR count). The fourth-order valence-electron chi connectivity index (χ4n) is 3.32. The van der Waals surface area contributed by atoms with Crippen molar-refractivity contribution in [3.05, 3.63) is 78.4 Å². The lowest BCUT2D eigenvalue weighted by Gasteiger charge is -2.36. The van der Waals surface area contributed by atoms with E-state index >= 15 is 0 Å². The zero-order valence-corrected chi connectivity index (χ0v) is 21.8. The van der Waals surface area contributed by atoms with Gasteiger partial charge < -0.3 is 13.9 Å². The molecule has 5 heteroatoms. The number of rotatable bonds is 14. The molecule has 0 heterocycles. The third-order valence-corrected chi connectivity index (χ3v) is 5.92. The second kappa shape index (κ2) is 13.4. The molecule has 0 bridgehead atoms. The lowest BCUT2D eigenvalue weighted by atomic mass is 9.86. The van der Waals surface area contributed by atoms with Crippen LogP contribution in [0, 0.1) is 5.92 Å². The van der Waals surface area contributed by atoms with Crippen LogP contribution < -0.4 is 4.74 Å². The normalized spacial score (nSPS) is 14.8. The first-order chi connectivity index (χ1) is 15.0. The molecule has 0 unspecified atom stereocenters. The summed E-state index contributed by atoms with van der Waals surface area (Å²) in [7, 11) is -0.366. The molecule has 0 aliphatic carbocycles. The molecule has 0 saturated carbocycles. The maximum Gasteiger partial charge on any atom is 0.184 e. The van der Waals surface area contributed by atoms with E-state index < -0.39 is 26.4 Å². The Morgan fingerprint density at radius 1 is 1.06 bits per heavy atom. The molecule has 1 aromatic carbocycles. The van der Waals surface area contributed by atoms with Crippen LogP contribution in [0.1, 0.15) is 32.8 Å². The van der Waals surface area contributed by atoms with Gasteiger partial charge in [-0.2, -0.15) is 0 Å². The van der Waals surface area contributed by atoms with Crippen LogP contribution in [0.15, 0.2) is 72.9 Å². The molecule has 176 valence electrons. The van der Waals surface area contributed by atoms with E-state index in [4.69, 9.17) is 13.9 Å². The van der Waals surface area contributed by atoms with Crippen LogP contribution in [0.2, 0.25) is 19.6 Å². The van der Waals surface area contributed by atoms with E-state index in [0.29, 0.717) is 6.61 Å². The number of ether oxygens (including phenoxy) is 2. The van der Waals surface area contributed by atoms with Gasteiger partial charge in [-0.05, 0) is 70.6 Å². The van der Waals surface area contributed by atoms with Gasteiger partial charge in [0.25, 0.3) is 0 Å². The second-order valence-electron chi connectivity index (χ2n) is 9.10. The number of carbonyl (C=O) groups excluding carboxylic acids is 1. The summed E-state index contributed by atoms with van der Waals surface area (Å²) in [5.74, 6) is 0.241. The summed E-state index contributed by atoms with van der Waals surface area (Å²) >= 11 is 0. The molecular weight excluding hydrogens is 416 g/mol. The Morgan fingerprint density at radius 3 is 2.16 bits per heavy atom. The monoisotopic (exact) mass is 456 g/mol. The van der Waals surface area contributed by atoms with Crippen molar-refractivity contribution < 1.29 is 18.7 Å². The van der Waals surface area contributed by atoms with Gasteiger partial charge in [0.05, 0.1) is 25.7 Å². The van der Waals surface area contributed by atoms with Crippen molar-refractivity contribution in [2.24, 2.45) is 5.92 Å². The summed E-state index contributed by atoms with van der Waals surface area (Å²) in [4.78, 5) is 13.0. The van der Waals surface area contributed by atoms with E-state index in [9.17, 15) is 4.79 Å². The van der Waals surface area contributed by atoms with Gasteiger partial charge in [0, 0.05) is 0 Å². The van der Waals surface area contributed by atoms with Crippen LogP contribution in [-0.2, 0) is 20.6 Å². The van der Waals surface area contributed by atoms with Gasteiger partial charge in [0.2, 0.25) is 0 Å². The lowest BCUT2D eigenvalue weighted by molar-refractivity contribution is -0.122. The Morgan fingerprint density at radius 2 is 1.69 bits per heavy atom. The highest BCUT2D eigenvalue weighted by molar-refractivity contribution is 6.69. The minimum atomic E-state index is -2.01. The molecule has 0 spiro atoms. The SMILES string of the molecule is C=CC(=O)[C@@H](/C(C)=C/CC=C(C)C)[C@H](O[Si](C)(C)C)[C@@H](C=C)OCc1ccc(OC)cc1. The Balaban J connectivity index is 3.24. The van der Waals surface area contributed by atoms with Crippen molar-refractivity contribution in [2.75, 3.05) is 7.11 Å². The van der Waals surface area contributed by atoms with E-state index in [1.807, 2.05) is 31.2 Å². The van der Waals surface area contributed by atoms with Crippen molar-refractivity contribution >= 4 is 14.1 Å². The Kier molecular flexibility index (Phi) is 11.6. The third kappa shape index (κ3) is 9.51. The first kappa shape index (κ1) is 27.8. The van der Waals surface area contributed by atoms with Crippen LogP contribution in [0.4, 0.5) is 0 Å². The van der Waals surface area contributed by atoms with E-state index in [0.717, 1.165) is 23.3 Å². The molecule has 0 saturated heterocycles. The Hall–Kier alpha value is -2.21. The van der Waals surface area contributed by atoms with Gasteiger partial charge >= 0.3 is 0 Å². The molecule has 32 heavy (non-hydrogen) atoms. The number of hydrogen-bond acceptors (Lipinski definition) is 4. The molecule has 3 atom stereocenters. The van der Waals surface area contributed by atoms with Crippen LogP contribution >= 0.6 is 0 Å². The summed E-state index contributed by atoms with van der Waals surface area (Å²) in [5, 5.41) is 0. The smallest absolute Gasteiger partial charge is 0.184 e. The predicted molar refractivity (Wildman–Crippen MR) is 136 cm³/mol. The van der Waals surface area contributed by atoms with E-state index in [1.54, 1.807) is 13.2 Å². The van der Waals surface area contributed by atoms with Crippen LogP contribution in [0.5, 0.6) is 5.75 Å². The van der Waals surface area contributed by atoms with E-state index in [-0.39, 0.29) is 5.78 Å². The van der Waals surface area contributed by atoms with Crippen molar-refractivity contribution in [1.82, 2.24) is 0 Å². The van der Waals surface area contributed by atoms with Crippen molar-refractivity contribution in [2.45, 2.75) is 65.6 Å². The van der Waals surface area contributed by atoms with Crippen LogP contribution in [-0.4, -0.2) is 33.4 Å². The summed E-state index contributed by atoms with van der Waals surface area (Å²) in [6.07, 6.45) is 7.17.